The third-order valence-corrected chi connectivity index (χ3v) is 3.56. The number of nitrogens with two attached hydrogens (primary N) is 1. The van der Waals surface area contributed by atoms with Crippen molar-refractivity contribution in [2.24, 2.45) is 11.7 Å². The summed E-state index contributed by atoms with van der Waals surface area (Å²) < 4.78 is 5.24. The Balaban J connectivity index is 2.33. The number of nitrogens with zero attached hydrogens (tertiary/aromatic N) is 1. The van der Waals surface area contributed by atoms with E-state index >= 15 is 0 Å². The predicted molar refractivity (Wildman–Crippen MR) is 79.6 cm³/mol. The molecule has 0 amide bonds. The second-order valence-corrected chi connectivity index (χ2v) is 4.89. The van der Waals surface area contributed by atoms with Crippen molar-refractivity contribution in [2.45, 2.75) is 19.9 Å². The Morgan fingerprint density at radius 2 is 2.11 bits per heavy atom. The number of benzene rings is 1. The molecule has 2 unspecified atom stereocenters. The van der Waals surface area contributed by atoms with Crippen LogP contribution < -0.4 is 15.8 Å². The SMILES string of the molecule is COc1ccc2c(NC(C)C(C)CN)nccc2c1. The first-order valence-electron chi connectivity index (χ1n) is 6.55. The van der Waals surface area contributed by atoms with Crippen LogP contribution >= 0.6 is 0 Å². The number of nitrogens with one attached hydrogen (secondary N) is 1. The molecule has 2 aromatic rings. The van der Waals surface area contributed by atoms with Crippen LogP contribution in [0.1, 0.15) is 13.8 Å². The van der Waals surface area contributed by atoms with E-state index in [9.17, 15) is 0 Å². The third-order valence-electron chi connectivity index (χ3n) is 3.56. The fraction of sp³-hybridized carbons (Fsp3) is 0.400. The molecule has 0 bridgehead atoms. The lowest BCUT2D eigenvalue weighted by atomic mass is 10.0. The Labute approximate surface area is 114 Å². The van der Waals surface area contributed by atoms with E-state index < -0.39 is 0 Å². The molecule has 4 nitrogen and oxygen atoms in total. The molecule has 1 heterocycles. The summed E-state index contributed by atoms with van der Waals surface area (Å²) in [7, 11) is 1.67. The van der Waals surface area contributed by atoms with E-state index in [0.29, 0.717) is 12.5 Å². The molecule has 0 aliphatic heterocycles. The molecule has 0 spiro atoms. The van der Waals surface area contributed by atoms with Crippen molar-refractivity contribution in [3.8, 4) is 5.75 Å². The van der Waals surface area contributed by atoms with Crippen LogP contribution in [0.5, 0.6) is 5.75 Å². The molecule has 102 valence electrons. The lowest BCUT2D eigenvalue weighted by Crippen LogP contribution is -2.29. The van der Waals surface area contributed by atoms with E-state index in [-0.39, 0.29) is 6.04 Å². The molecule has 0 aliphatic rings. The van der Waals surface area contributed by atoms with Crippen LogP contribution in [0.15, 0.2) is 30.5 Å². The zero-order chi connectivity index (χ0) is 13.8. The Kier molecular flexibility index (Phi) is 4.22. The number of hydrogen-bond acceptors (Lipinski definition) is 4. The summed E-state index contributed by atoms with van der Waals surface area (Å²) in [5.41, 5.74) is 5.70. The molecule has 1 aromatic heterocycles. The van der Waals surface area contributed by atoms with Gasteiger partial charge in [0.15, 0.2) is 0 Å². The Hall–Kier alpha value is -1.81. The van der Waals surface area contributed by atoms with Crippen LogP contribution in [-0.2, 0) is 0 Å². The molecule has 0 radical (unpaired) electrons. The standard InChI is InChI=1S/C15H21N3O/c1-10(9-16)11(2)18-15-14-5-4-13(19-3)8-12(14)6-7-17-15/h4-8,10-11H,9,16H2,1-3H3,(H,17,18). The number of rotatable bonds is 5. The summed E-state index contributed by atoms with van der Waals surface area (Å²) in [5.74, 6) is 2.15. The van der Waals surface area contributed by atoms with Crippen molar-refractivity contribution >= 4 is 16.6 Å². The average molecular weight is 259 g/mol. The maximum Gasteiger partial charge on any atom is 0.134 e. The quantitative estimate of drug-likeness (QED) is 0.866. The van der Waals surface area contributed by atoms with Crippen LogP contribution in [0.3, 0.4) is 0 Å². The molecular formula is C15H21N3O. The summed E-state index contributed by atoms with van der Waals surface area (Å²) in [5, 5.41) is 5.65. The van der Waals surface area contributed by atoms with E-state index in [2.05, 4.69) is 24.1 Å². The number of aromatic nitrogens is 1. The average Bonchev–Trinajstić information content (AvgIpc) is 2.45. The Morgan fingerprint density at radius 1 is 1.32 bits per heavy atom. The highest BCUT2D eigenvalue weighted by Gasteiger charge is 2.12. The van der Waals surface area contributed by atoms with E-state index in [1.807, 2.05) is 30.5 Å². The topological polar surface area (TPSA) is 60.2 Å². The largest absolute Gasteiger partial charge is 0.497 e. The first-order chi connectivity index (χ1) is 9.15. The van der Waals surface area contributed by atoms with Gasteiger partial charge in [-0.05, 0) is 49.0 Å². The minimum Gasteiger partial charge on any atom is -0.497 e. The first kappa shape index (κ1) is 13.6. The number of anilines is 1. The van der Waals surface area contributed by atoms with Gasteiger partial charge in [0.05, 0.1) is 7.11 Å². The van der Waals surface area contributed by atoms with Crippen molar-refractivity contribution in [2.75, 3.05) is 19.0 Å². The maximum absolute atomic E-state index is 5.70. The fourth-order valence-electron chi connectivity index (χ4n) is 1.96. The second-order valence-electron chi connectivity index (χ2n) is 4.89. The highest BCUT2D eigenvalue weighted by molar-refractivity contribution is 5.92. The third kappa shape index (κ3) is 2.96. The Bertz CT molecular complexity index is 556. The molecular weight excluding hydrogens is 238 g/mol. The van der Waals surface area contributed by atoms with Crippen molar-refractivity contribution in [1.82, 2.24) is 4.98 Å². The molecule has 4 heteroatoms. The monoisotopic (exact) mass is 259 g/mol. The van der Waals surface area contributed by atoms with Crippen molar-refractivity contribution < 1.29 is 4.74 Å². The van der Waals surface area contributed by atoms with Gasteiger partial charge in [-0.2, -0.15) is 0 Å². The van der Waals surface area contributed by atoms with E-state index in [0.717, 1.165) is 22.3 Å². The van der Waals surface area contributed by atoms with E-state index in [1.54, 1.807) is 7.11 Å². The molecule has 19 heavy (non-hydrogen) atoms. The lowest BCUT2D eigenvalue weighted by molar-refractivity contribution is 0.415. The highest BCUT2D eigenvalue weighted by Crippen LogP contribution is 2.26. The number of methoxy groups -OCH3 is 1. The normalized spacial score (nSPS) is 14.1. The second kappa shape index (κ2) is 5.89. The van der Waals surface area contributed by atoms with Crippen molar-refractivity contribution in [3.05, 3.63) is 30.5 Å². The van der Waals surface area contributed by atoms with Crippen molar-refractivity contribution in [1.29, 1.82) is 0 Å². The van der Waals surface area contributed by atoms with Gasteiger partial charge in [0.1, 0.15) is 11.6 Å². The van der Waals surface area contributed by atoms with Gasteiger partial charge in [-0.15, -0.1) is 0 Å². The van der Waals surface area contributed by atoms with Gasteiger partial charge in [0, 0.05) is 17.6 Å². The molecule has 0 saturated heterocycles. The van der Waals surface area contributed by atoms with Crippen LogP contribution in [0.2, 0.25) is 0 Å². The summed E-state index contributed by atoms with van der Waals surface area (Å²) in [6.45, 7) is 4.92. The number of pyridine rings is 1. The number of hydrogen-bond donors (Lipinski definition) is 2. The maximum atomic E-state index is 5.70. The van der Waals surface area contributed by atoms with Gasteiger partial charge in [0.2, 0.25) is 0 Å². The molecule has 2 rings (SSSR count). The van der Waals surface area contributed by atoms with Gasteiger partial charge < -0.3 is 15.8 Å². The molecule has 0 fully saturated rings. The van der Waals surface area contributed by atoms with Crippen LogP contribution in [0.4, 0.5) is 5.82 Å². The van der Waals surface area contributed by atoms with E-state index in [1.165, 1.54) is 0 Å². The predicted octanol–water partition coefficient (Wildman–Crippen LogP) is 2.64. The zero-order valence-corrected chi connectivity index (χ0v) is 11.7. The van der Waals surface area contributed by atoms with Crippen LogP contribution in [-0.4, -0.2) is 24.7 Å². The van der Waals surface area contributed by atoms with Crippen LogP contribution in [0.25, 0.3) is 10.8 Å². The number of ether oxygens (including phenoxy) is 1. The molecule has 0 aliphatic carbocycles. The Morgan fingerprint density at radius 3 is 2.79 bits per heavy atom. The minimum atomic E-state index is 0.283. The summed E-state index contributed by atoms with van der Waals surface area (Å²) in [6, 6.07) is 8.26. The van der Waals surface area contributed by atoms with Gasteiger partial charge in [-0.3, -0.25) is 0 Å². The van der Waals surface area contributed by atoms with Gasteiger partial charge in [-0.1, -0.05) is 6.92 Å². The molecule has 3 N–H and O–H groups in total. The van der Waals surface area contributed by atoms with Crippen molar-refractivity contribution in [3.63, 3.8) is 0 Å². The minimum absolute atomic E-state index is 0.283. The van der Waals surface area contributed by atoms with Gasteiger partial charge in [0.25, 0.3) is 0 Å². The zero-order valence-electron chi connectivity index (χ0n) is 11.7. The lowest BCUT2D eigenvalue weighted by Gasteiger charge is -2.21. The molecule has 0 saturated carbocycles. The number of fused-ring (bicyclic) bond motifs is 1. The smallest absolute Gasteiger partial charge is 0.134 e. The molecule has 1 aromatic carbocycles. The van der Waals surface area contributed by atoms with E-state index in [4.69, 9.17) is 10.5 Å². The van der Waals surface area contributed by atoms with Crippen LogP contribution in [0, 0.1) is 5.92 Å². The fourth-order valence-corrected chi connectivity index (χ4v) is 1.96. The molecule has 2 atom stereocenters. The first-order valence-corrected chi connectivity index (χ1v) is 6.55. The summed E-state index contributed by atoms with van der Waals surface area (Å²) in [6.07, 6.45) is 1.81. The summed E-state index contributed by atoms with van der Waals surface area (Å²) >= 11 is 0. The summed E-state index contributed by atoms with van der Waals surface area (Å²) in [4.78, 5) is 4.43. The van der Waals surface area contributed by atoms with Gasteiger partial charge >= 0.3 is 0 Å². The van der Waals surface area contributed by atoms with Gasteiger partial charge in [-0.25, -0.2) is 4.98 Å². The highest BCUT2D eigenvalue weighted by atomic mass is 16.5.